The first-order valence-electron chi connectivity index (χ1n) is 7.48. The second kappa shape index (κ2) is 6.52. The largest absolute Gasteiger partial charge is 0.454 e. The van der Waals surface area contributed by atoms with Crippen molar-refractivity contribution in [3.05, 3.63) is 59.7 Å². The van der Waals surface area contributed by atoms with Crippen LogP contribution < -0.4 is 14.9 Å². The van der Waals surface area contributed by atoms with Gasteiger partial charge in [0.25, 0.3) is 5.91 Å². The van der Waals surface area contributed by atoms with Gasteiger partial charge in [0.05, 0.1) is 5.71 Å². The van der Waals surface area contributed by atoms with E-state index in [1.807, 2.05) is 44.2 Å². The van der Waals surface area contributed by atoms with Gasteiger partial charge in [0.1, 0.15) is 0 Å². The lowest BCUT2D eigenvalue weighted by Crippen LogP contribution is -2.22. The highest BCUT2D eigenvalue weighted by Gasteiger charge is 2.16. The minimum Gasteiger partial charge on any atom is -0.454 e. The molecule has 0 saturated heterocycles. The highest BCUT2D eigenvalue weighted by molar-refractivity contribution is 6.03. The van der Waals surface area contributed by atoms with E-state index in [0.29, 0.717) is 17.1 Å². The van der Waals surface area contributed by atoms with Crippen LogP contribution in [-0.4, -0.2) is 18.4 Å². The van der Waals surface area contributed by atoms with Gasteiger partial charge in [-0.2, -0.15) is 5.10 Å². The minimum atomic E-state index is -0.280. The Kier molecular flexibility index (Phi) is 4.28. The van der Waals surface area contributed by atoms with Gasteiger partial charge in [-0.05, 0) is 29.7 Å². The second-order valence-electron chi connectivity index (χ2n) is 5.53. The summed E-state index contributed by atoms with van der Waals surface area (Å²) in [6.07, 6.45) is 0. The van der Waals surface area contributed by atoms with Crippen LogP contribution in [0.2, 0.25) is 0 Å². The van der Waals surface area contributed by atoms with Gasteiger partial charge in [0.2, 0.25) is 6.79 Å². The third kappa shape index (κ3) is 3.34. The number of nitrogens with zero attached hydrogens (tertiary/aromatic N) is 1. The maximum atomic E-state index is 12.3. The van der Waals surface area contributed by atoms with Crippen LogP contribution in [0.5, 0.6) is 11.5 Å². The Hall–Kier alpha value is -2.82. The first-order chi connectivity index (χ1) is 11.1. The zero-order chi connectivity index (χ0) is 16.2. The molecule has 1 aliphatic rings. The van der Waals surface area contributed by atoms with E-state index in [4.69, 9.17) is 9.47 Å². The van der Waals surface area contributed by atoms with Gasteiger partial charge in [-0.1, -0.05) is 44.2 Å². The molecule has 5 heteroatoms. The molecule has 0 unspecified atom stereocenters. The first kappa shape index (κ1) is 15.1. The summed E-state index contributed by atoms with van der Waals surface area (Å²) in [7, 11) is 0. The normalized spacial score (nSPS) is 13.3. The molecule has 0 aliphatic carbocycles. The number of carbonyl (C=O) groups excluding carboxylic acids is 1. The van der Waals surface area contributed by atoms with Gasteiger partial charge >= 0.3 is 0 Å². The van der Waals surface area contributed by atoms with E-state index in [1.54, 1.807) is 18.2 Å². The van der Waals surface area contributed by atoms with Gasteiger partial charge < -0.3 is 9.47 Å². The van der Waals surface area contributed by atoms with Crippen LogP contribution >= 0.6 is 0 Å². The van der Waals surface area contributed by atoms with Crippen molar-refractivity contribution >= 4 is 11.6 Å². The summed E-state index contributed by atoms with van der Waals surface area (Å²) in [4.78, 5) is 12.3. The Balaban J connectivity index is 1.78. The van der Waals surface area contributed by atoms with Crippen LogP contribution in [0.15, 0.2) is 53.6 Å². The Morgan fingerprint density at radius 3 is 2.52 bits per heavy atom. The van der Waals surface area contributed by atoms with Crippen molar-refractivity contribution in [3.8, 4) is 11.5 Å². The molecule has 3 rings (SSSR count). The molecule has 2 aromatic carbocycles. The highest BCUT2D eigenvalue weighted by atomic mass is 16.7. The maximum Gasteiger partial charge on any atom is 0.271 e. The number of nitrogens with one attached hydrogen (secondary N) is 1. The third-order valence-corrected chi connectivity index (χ3v) is 3.53. The number of amides is 1. The molecular formula is C18H18N2O3. The number of hydrazone groups is 1. The summed E-state index contributed by atoms with van der Waals surface area (Å²) < 4.78 is 10.5. The fraction of sp³-hybridized carbons (Fsp3) is 0.222. The molecule has 0 saturated carbocycles. The number of hydrogen-bond acceptors (Lipinski definition) is 4. The van der Waals surface area contributed by atoms with Crippen LogP contribution in [0.25, 0.3) is 0 Å². The van der Waals surface area contributed by atoms with Crippen molar-refractivity contribution in [2.75, 3.05) is 6.79 Å². The van der Waals surface area contributed by atoms with E-state index < -0.39 is 0 Å². The number of rotatable bonds is 4. The molecule has 0 atom stereocenters. The summed E-state index contributed by atoms with van der Waals surface area (Å²) in [6.45, 7) is 4.27. The zero-order valence-electron chi connectivity index (χ0n) is 13.1. The molecule has 2 aromatic rings. The number of ether oxygens (including phenoxy) is 2. The Labute approximate surface area is 134 Å². The molecule has 0 spiro atoms. The van der Waals surface area contributed by atoms with Crippen LogP contribution in [-0.2, 0) is 0 Å². The Morgan fingerprint density at radius 2 is 1.78 bits per heavy atom. The lowest BCUT2D eigenvalue weighted by molar-refractivity contribution is 0.0954. The molecule has 0 radical (unpaired) electrons. The van der Waals surface area contributed by atoms with Crippen LogP contribution in [0.4, 0.5) is 0 Å². The van der Waals surface area contributed by atoms with Crippen molar-refractivity contribution in [2.45, 2.75) is 13.8 Å². The molecule has 118 valence electrons. The average Bonchev–Trinajstić information content (AvgIpc) is 3.03. The predicted octanol–water partition coefficient (Wildman–Crippen LogP) is 3.21. The highest BCUT2D eigenvalue weighted by Crippen LogP contribution is 2.32. The van der Waals surface area contributed by atoms with Crippen molar-refractivity contribution in [2.24, 2.45) is 11.0 Å². The second-order valence-corrected chi connectivity index (χ2v) is 5.53. The standard InChI is InChI=1S/C18H18N2O3/c1-12(2)17(13-6-4-3-5-7-13)19-20-18(21)14-8-9-15-16(10-14)23-11-22-15/h3-10,12H,11H2,1-2H3,(H,20,21)/b19-17-. The lowest BCUT2D eigenvalue weighted by Gasteiger charge is -2.10. The van der Waals surface area contributed by atoms with Crippen molar-refractivity contribution in [1.29, 1.82) is 0 Å². The van der Waals surface area contributed by atoms with Crippen molar-refractivity contribution in [3.63, 3.8) is 0 Å². The number of benzene rings is 2. The van der Waals surface area contributed by atoms with Gasteiger partial charge in [-0.3, -0.25) is 4.79 Å². The van der Waals surface area contributed by atoms with E-state index in [9.17, 15) is 4.79 Å². The van der Waals surface area contributed by atoms with Crippen LogP contribution in [0.3, 0.4) is 0 Å². The molecule has 5 nitrogen and oxygen atoms in total. The molecule has 0 fully saturated rings. The molecule has 23 heavy (non-hydrogen) atoms. The first-order valence-corrected chi connectivity index (χ1v) is 7.48. The summed E-state index contributed by atoms with van der Waals surface area (Å²) in [5.74, 6) is 1.14. The van der Waals surface area contributed by atoms with Gasteiger partial charge in [0, 0.05) is 5.56 Å². The molecule has 0 aromatic heterocycles. The van der Waals surface area contributed by atoms with E-state index in [2.05, 4.69) is 10.5 Å². The van der Waals surface area contributed by atoms with E-state index in [-0.39, 0.29) is 18.6 Å². The van der Waals surface area contributed by atoms with E-state index in [1.165, 1.54) is 0 Å². The SMILES string of the molecule is CC(C)/C(=N/NC(=O)c1ccc2c(c1)OCO2)c1ccccc1. The summed E-state index contributed by atoms with van der Waals surface area (Å²) in [5, 5.41) is 4.31. The van der Waals surface area contributed by atoms with Crippen LogP contribution in [0.1, 0.15) is 29.8 Å². The maximum absolute atomic E-state index is 12.3. The molecule has 1 N–H and O–H groups in total. The summed E-state index contributed by atoms with van der Waals surface area (Å²) in [5.41, 5.74) is 4.93. The quantitative estimate of drug-likeness (QED) is 0.697. The van der Waals surface area contributed by atoms with Gasteiger partial charge in [-0.25, -0.2) is 5.43 Å². The summed E-state index contributed by atoms with van der Waals surface area (Å²) in [6, 6.07) is 14.9. The monoisotopic (exact) mass is 310 g/mol. The topological polar surface area (TPSA) is 59.9 Å². The smallest absolute Gasteiger partial charge is 0.271 e. The Morgan fingerprint density at radius 1 is 1.04 bits per heavy atom. The minimum absolute atomic E-state index is 0.185. The molecule has 1 aliphatic heterocycles. The number of fused-ring (bicyclic) bond motifs is 1. The molecule has 1 heterocycles. The predicted molar refractivity (Wildman–Crippen MR) is 87.8 cm³/mol. The summed E-state index contributed by atoms with van der Waals surface area (Å²) >= 11 is 0. The van der Waals surface area contributed by atoms with E-state index >= 15 is 0 Å². The molecular weight excluding hydrogens is 292 g/mol. The Bertz CT molecular complexity index is 739. The molecule has 0 bridgehead atoms. The number of carbonyl (C=O) groups is 1. The van der Waals surface area contributed by atoms with Crippen LogP contribution in [0, 0.1) is 5.92 Å². The third-order valence-electron chi connectivity index (χ3n) is 3.53. The van der Waals surface area contributed by atoms with Crippen molar-refractivity contribution in [1.82, 2.24) is 5.43 Å². The molecule has 1 amide bonds. The number of hydrogen-bond donors (Lipinski definition) is 1. The zero-order valence-corrected chi connectivity index (χ0v) is 13.1. The van der Waals surface area contributed by atoms with Crippen molar-refractivity contribution < 1.29 is 14.3 Å². The van der Waals surface area contributed by atoms with Gasteiger partial charge in [0.15, 0.2) is 11.5 Å². The van der Waals surface area contributed by atoms with E-state index in [0.717, 1.165) is 11.3 Å². The average molecular weight is 310 g/mol. The lowest BCUT2D eigenvalue weighted by atomic mass is 10.0. The fourth-order valence-electron chi connectivity index (χ4n) is 2.35. The fourth-order valence-corrected chi connectivity index (χ4v) is 2.35. The van der Waals surface area contributed by atoms with Gasteiger partial charge in [-0.15, -0.1) is 0 Å².